The molecule has 0 aliphatic heterocycles. The lowest BCUT2D eigenvalue weighted by atomic mass is 9.48. The molecule has 0 aromatic carbocycles. The van der Waals surface area contributed by atoms with Gasteiger partial charge in [-0.1, -0.05) is 0 Å². The molecule has 6 nitrogen and oxygen atoms in total. The summed E-state index contributed by atoms with van der Waals surface area (Å²) in [5.74, 6) is 2.41. The van der Waals surface area contributed by atoms with Gasteiger partial charge in [0.15, 0.2) is 5.78 Å². The molecule has 4 aliphatic carbocycles. The molecular weight excluding hydrogens is 294 g/mol. The van der Waals surface area contributed by atoms with Crippen molar-refractivity contribution in [3.05, 3.63) is 21.5 Å². The van der Waals surface area contributed by atoms with Crippen molar-refractivity contribution in [2.24, 2.45) is 23.2 Å². The lowest BCUT2D eigenvalue weighted by molar-refractivity contribution is -0.386. The second-order valence-corrected chi connectivity index (χ2v) is 8.06. The Kier molecular flexibility index (Phi) is 3.15. The molecule has 4 bridgehead atoms. The van der Waals surface area contributed by atoms with E-state index in [9.17, 15) is 14.9 Å². The highest BCUT2D eigenvalue weighted by Gasteiger charge is 2.54. The summed E-state index contributed by atoms with van der Waals surface area (Å²) in [7, 11) is 0. The fourth-order valence-electron chi connectivity index (χ4n) is 5.86. The molecule has 0 amide bonds. The summed E-state index contributed by atoms with van der Waals surface area (Å²) in [4.78, 5) is 23.8. The van der Waals surface area contributed by atoms with Crippen molar-refractivity contribution in [2.75, 3.05) is 0 Å². The molecule has 4 fully saturated rings. The number of carbonyl (C=O) groups excluding carboxylic acids is 1. The SMILES string of the molecule is Cc1nn(CC(=O)C23CC4CC(CC(C4)C2)C3)c(C)c1[N+](=O)[O-]. The van der Waals surface area contributed by atoms with Gasteiger partial charge in [-0.3, -0.25) is 19.6 Å². The van der Waals surface area contributed by atoms with Crippen LogP contribution in [0.5, 0.6) is 0 Å². The van der Waals surface area contributed by atoms with Crippen molar-refractivity contribution >= 4 is 11.5 Å². The summed E-state index contributed by atoms with van der Waals surface area (Å²) in [6, 6.07) is 0. The Bertz CT molecular complexity index is 656. The summed E-state index contributed by atoms with van der Waals surface area (Å²) in [5, 5.41) is 15.4. The van der Waals surface area contributed by atoms with E-state index in [2.05, 4.69) is 5.10 Å². The van der Waals surface area contributed by atoms with Crippen molar-refractivity contribution in [1.29, 1.82) is 0 Å². The molecule has 0 saturated heterocycles. The number of rotatable bonds is 4. The standard InChI is InChI=1S/C17H23N3O3/c1-10-16(20(22)23)11(2)19(18-10)9-15(21)17-6-12-3-13(7-17)5-14(4-12)8-17/h12-14H,3-9H2,1-2H3. The first-order valence-corrected chi connectivity index (χ1v) is 8.59. The number of aryl methyl sites for hydroxylation is 1. The highest BCUT2D eigenvalue weighted by Crippen LogP contribution is 2.60. The van der Waals surface area contributed by atoms with E-state index in [-0.39, 0.29) is 23.4 Å². The molecule has 1 heterocycles. The van der Waals surface area contributed by atoms with E-state index < -0.39 is 4.92 Å². The Morgan fingerprint density at radius 1 is 1.22 bits per heavy atom. The third-order valence-electron chi connectivity index (χ3n) is 6.45. The molecule has 4 saturated carbocycles. The second kappa shape index (κ2) is 4.89. The molecule has 1 aromatic rings. The van der Waals surface area contributed by atoms with Crippen LogP contribution in [0.3, 0.4) is 0 Å². The Hall–Kier alpha value is -1.72. The number of carbonyl (C=O) groups is 1. The average Bonchev–Trinajstić information content (AvgIpc) is 2.71. The van der Waals surface area contributed by atoms with Crippen LogP contribution in [0.1, 0.15) is 49.9 Å². The van der Waals surface area contributed by atoms with Gasteiger partial charge >= 0.3 is 5.69 Å². The van der Waals surface area contributed by atoms with E-state index in [0.29, 0.717) is 11.4 Å². The van der Waals surface area contributed by atoms with E-state index >= 15 is 0 Å². The number of nitro groups is 1. The van der Waals surface area contributed by atoms with Gasteiger partial charge in [0, 0.05) is 5.41 Å². The molecule has 0 atom stereocenters. The molecule has 0 unspecified atom stereocenters. The molecule has 5 rings (SSSR count). The van der Waals surface area contributed by atoms with Crippen LogP contribution in [0.25, 0.3) is 0 Å². The molecule has 1 aromatic heterocycles. The summed E-state index contributed by atoms with van der Waals surface area (Å²) in [6.07, 6.45) is 6.99. The Labute approximate surface area is 135 Å². The van der Waals surface area contributed by atoms with Crippen molar-refractivity contribution in [3.63, 3.8) is 0 Å². The van der Waals surface area contributed by atoms with Crippen molar-refractivity contribution < 1.29 is 9.72 Å². The lowest BCUT2D eigenvalue weighted by Crippen LogP contribution is -2.50. The topological polar surface area (TPSA) is 78.0 Å². The van der Waals surface area contributed by atoms with Gasteiger partial charge in [-0.25, -0.2) is 0 Å². The molecule has 0 N–H and O–H groups in total. The van der Waals surface area contributed by atoms with Crippen LogP contribution < -0.4 is 0 Å². The fourth-order valence-corrected chi connectivity index (χ4v) is 5.86. The van der Waals surface area contributed by atoms with Crippen LogP contribution in [0, 0.1) is 47.1 Å². The van der Waals surface area contributed by atoms with Crippen LogP contribution in [0.2, 0.25) is 0 Å². The maximum Gasteiger partial charge on any atom is 0.312 e. The summed E-state index contributed by atoms with van der Waals surface area (Å²) in [5.41, 5.74) is 0.759. The van der Waals surface area contributed by atoms with Crippen LogP contribution >= 0.6 is 0 Å². The first-order valence-electron chi connectivity index (χ1n) is 8.59. The third kappa shape index (κ3) is 2.22. The van der Waals surface area contributed by atoms with Gasteiger partial charge in [0.1, 0.15) is 17.9 Å². The van der Waals surface area contributed by atoms with E-state index in [0.717, 1.165) is 37.0 Å². The van der Waals surface area contributed by atoms with E-state index in [1.807, 2.05) is 0 Å². The van der Waals surface area contributed by atoms with Crippen molar-refractivity contribution in [3.8, 4) is 0 Å². The highest BCUT2D eigenvalue weighted by molar-refractivity contribution is 5.85. The molecule has 6 heteroatoms. The van der Waals surface area contributed by atoms with Crippen LogP contribution in [-0.4, -0.2) is 20.5 Å². The zero-order valence-electron chi connectivity index (χ0n) is 13.7. The predicted molar refractivity (Wildman–Crippen MR) is 84.0 cm³/mol. The van der Waals surface area contributed by atoms with Crippen molar-refractivity contribution in [1.82, 2.24) is 9.78 Å². The summed E-state index contributed by atoms with van der Waals surface area (Å²) >= 11 is 0. The van der Waals surface area contributed by atoms with E-state index in [4.69, 9.17) is 0 Å². The normalized spacial score (nSPS) is 34.8. The van der Waals surface area contributed by atoms with Gasteiger partial charge in [-0.05, 0) is 70.1 Å². The number of Topliss-reactive ketones (excluding diaryl/α,β-unsaturated/α-hetero) is 1. The number of hydrogen-bond acceptors (Lipinski definition) is 4. The Morgan fingerprint density at radius 2 is 1.74 bits per heavy atom. The van der Waals surface area contributed by atoms with Gasteiger partial charge in [0.2, 0.25) is 0 Å². The number of hydrogen-bond donors (Lipinski definition) is 0. The number of nitrogens with zero attached hydrogens (tertiary/aromatic N) is 3. The number of aromatic nitrogens is 2. The highest BCUT2D eigenvalue weighted by atomic mass is 16.6. The average molecular weight is 317 g/mol. The largest absolute Gasteiger partial charge is 0.312 e. The van der Waals surface area contributed by atoms with Gasteiger partial charge in [0.25, 0.3) is 0 Å². The van der Waals surface area contributed by atoms with Gasteiger partial charge in [-0.15, -0.1) is 0 Å². The predicted octanol–water partition coefficient (Wildman–Crippen LogP) is 3.19. The molecule has 23 heavy (non-hydrogen) atoms. The molecule has 124 valence electrons. The first-order chi connectivity index (χ1) is 10.9. The van der Waals surface area contributed by atoms with Gasteiger partial charge in [-0.2, -0.15) is 5.10 Å². The smallest absolute Gasteiger partial charge is 0.297 e. The van der Waals surface area contributed by atoms with Gasteiger partial charge in [0.05, 0.1) is 4.92 Å². The minimum Gasteiger partial charge on any atom is -0.297 e. The summed E-state index contributed by atoms with van der Waals surface area (Å²) in [6.45, 7) is 3.51. The second-order valence-electron chi connectivity index (χ2n) is 8.06. The molecule has 4 aliphatic rings. The number of ketones is 1. The third-order valence-corrected chi connectivity index (χ3v) is 6.45. The van der Waals surface area contributed by atoms with Crippen LogP contribution in [-0.2, 0) is 11.3 Å². The molecular formula is C17H23N3O3. The minimum atomic E-state index is -0.399. The first kappa shape index (κ1) is 14.8. The van der Waals surface area contributed by atoms with Crippen LogP contribution in [0.15, 0.2) is 0 Å². The zero-order valence-corrected chi connectivity index (χ0v) is 13.7. The Balaban J connectivity index is 1.59. The minimum absolute atomic E-state index is 0.0447. The lowest BCUT2D eigenvalue weighted by Gasteiger charge is -2.55. The van der Waals surface area contributed by atoms with Crippen LogP contribution in [0.4, 0.5) is 5.69 Å². The Morgan fingerprint density at radius 3 is 2.17 bits per heavy atom. The van der Waals surface area contributed by atoms with E-state index in [1.54, 1.807) is 18.5 Å². The summed E-state index contributed by atoms with van der Waals surface area (Å²) < 4.78 is 1.55. The molecule has 0 spiro atoms. The fraction of sp³-hybridized carbons (Fsp3) is 0.765. The maximum atomic E-state index is 13.1. The maximum absolute atomic E-state index is 13.1. The quantitative estimate of drug-likeness (QED) is 0.631. The monoisotopic (exact) mass is 317 g/mol. The van der Waals surface area contributed by atoms with E-state index in [1.165, 1.54) is 19.3 Å². The van der Waals surface area contributed by atoms with Crippen molar-refractivity contribution in [2.45, 2.75) is 58.9 Å². The van der Waals surface area contributed by atoms with Gasteiger partial charge < -0.3 is 0 Å². The molecule has 0 radical (unpaired) electrons. The zero-order chi connectivity index (χ0) is 16.4.